The molecule has 0 atom stereocenters. The third-order valence-electron chi connectivity index (χ3n) is 6.38. The summed E-state index contributed by atoms with van der Waals surface area (Å²) in [6.45, 7) is 2.94. The van der Waals surface area contributed by atoms with Gasteiger partial charge in [0, 0.05) is 30.0 Å². The highest BCUT2D eigenvalue weighted by Crippen LogP contribution is 2.44. The standard InChI is InChI=1S/C23H24ClN3O2S/c1-2-17-6-3-4-7-21(17)30(28,29)26-14-11-23(12-15-26)22-8-5-13-27(22)20-16-18(24)9-10-19(20)25-23/h3-10,13,16,25H,2,11-12,14-15H2,1H3. The van der Waals surface area contributed by atoms with Crippen LogP contribution in [0.25, 0.3) is 5.69 Å². The summed E-state index contributed by atoms with van der Waals surface area (Å²) < 4.78 is 30.5. The van der Waals surface area contributed by atoms with Gasteiger partial charge in [-0.2, -0.15) is 4.31 Å². The third-order valence-corrected chi connectivity index (χ3v) is 8.61. The molecule has 0 radical (unpaired) electrons. The minimum Gasteiger partial charge on any atom is -0.372 e. The van der Waals surface area contributed by atoms with Crippen molar-refractivity contribution in [3.05, 3.63) is 77.1 Å². The van der Waals surface area contributed by atoms with Crippen molar-refractivity contribution in [2.24, 2.45) is 0 Å². The monoisotopic (exact) mass is 441 g/mol. The number of aromatic nitrogens is 1. The summed E-state index contributed by atoms with van der Waals surface area (Å²) in [7, 11) is -3.51. The van der Waals surface area contributed by atoms with E-state index in [4.69, 9.17) is 11.6 Å². The van der Waals surface area contributed by atoms with Gasteiger partial charge in [-0.15, -0.1) is 0 Å². The number of fused-ring (bicyclic) bond motifs is 4. The van der Waals surface area contributed by atoms with E-state index in [2.05, 4.69) is 16.0 Å². The number of halogens is 1. The molecule has 2 aliphatic rings. The lowest BCUT2D eigenvalue weighted by Crippen LogP contribution is -2.51. The highest BCUT2D eigenvalue weighted by atomic mass is 35.5. The summed E-state index contributed by atoms with van der Waals surface area (Å²) in [6, 6.07) is 17.3. The average molecular weight is 442 g/mol. The Kier molecular flexibility index (Phi) is 4.69. The topological polar surface area (TPSA) is 54.3 Å². The summed E-state index contributed by atoms with van der Waals surface area (Å²) in [4.78, 5) is 0.434. The Morgan fingerprint density at radius 1 is 1.07 bits per heavy atom. The minimum absolute atomic E-state index is 0.291. The van der Waals surface area contributed by atoms with Crippen LogP contribution in [-0.2, 0) is 22.0 Å². The van der Waals surface area contributed by atoms with Crippen molar-refractivity contribution >= 4 is 27.3 Å². The molecule has 156 valence electrons. The molecule has 7 heteroatoms. The highest BCUT2D eigenvalue weighted by Gasteiger charge is 2.44. The van der Waals surface area contributed by atoms with Crippen LogP contribution >= 0.6 is 11.6 Å². The number of anilines is 1. The van der Waals surface area contributed by atoms with Gasteiger partial charge in [-0.05, 0) is 61.2 Å². The molecule has 3 heterocycles. The molecule has 0 amide bonds. The lowest BCUT2D eigenvalue weighted by Gasteiger charge is -2.46. The van der Waals surface area contributed by atoms with E-state index in [0.29, 0.717) is 42.3 Å². The number of sulfonamides is 1. The summed E-state index contributed by atoms with van der Waals surface area (Å²) in [6.07, 6.45) is 4.15. The van der Waals surface area contributed by atoms with Crippen molar-refractivity contribution < 1.29 is 8.42 Å². The Labute approximate surface area is 182 Å². The predicted octanol–water partition coefficient (Wildman–Crippen LogP) is 4.80. The second-order valence-electron chi connectivity index (χ2n) is 8.00. The van der Waals surface area contributed by atoms with E-state index in [1.54, 1.807) is 16.4 Å². The molecule has 5 rings (SSSR count). The number of nitrogens with zero attached hydrogens (tertiary/aromatic N) is 2. The summed E-state index contributed by atoms with van der Waals surface area (Å²) in [5.41, 5.74) is 3.79. The van der Waals surface area contributed by atoms with E-state index < -0.39 is 10.0 Å². The smallest absolute Gasteiger partial charge is 0.243 e. The second kappa shape index (κ2) is 7.15. The predicted molar refractivity (Wildman–Crippen MR) is 120 cm³/mol. The lowest BCUT2D eigenvalue weighted by atomic mass is 9.83. The van der Waals surface area contributed by atoms with Gasteiger partial charge in [-0.1, -0.05) is 36.7 Å². The number of aryl methyl sites for hydroxylation is 1. The van der Waals surface area contributed by atoms with Crippen LogP contribution in [0.15, 0.2) is 65.7 Å². The van der Waals surface area contributed by atoms with Crippen molar-refractivity contribution in [2.45, 2.75) is 36.6 Å². The van der Waals surface area contributed by atoms with Gasteiger partial charge < -0.3 is 9.88 Å². The molecule has 3 aromatic rings. The molecule has 0 saturated carbocycles. The summed E-state index contributed by atoms with van der Waals surface area (Å²) >= 11 is 6.23. The van der Waals surface area contributed by atoms with E-state index in [9.17, 15) is 8.42 Å². The molecule has 1 aromatic heterocycles. The van der Waals surface area contributed by atoms with Gasteiger partial charge in [0.05, 0.1) is 21.8 Å². The average Bonchev–Trinajstić information content (AvgIpc) is 3.26. The second-order valence-corrected chi connectivity index (χ2v) is 10.3. The highest BCUT2D eigenvalue weighted by molar-refractivity contribution is 7.89. The van der Waals surface area contributed by atoms with E-state index in [1.807, 2.05) is 49.5 Å². The first-order valence-electron chi connectivity index (χ1n) is 10.3. The zero-order chi connectivity index (χ0) is 20.9. The van der Waals surface area contributed by atoms with Gasteiger partial charge >= 0.3 is 0 Å². The fraction of sp³-hybridized carbons (Fsp3) is 0.304. The van der Waals surface area contributed by atoms with Crippen molar-refractivity contribution in [1.29, 1.82) is 0 Å². The van der Waals surface area contributed by atoms with Crippen LogP contribution < -0.4 is 5.32 Å². The van der Waals surface area contributed by atoms with Gasteiger partial charge in [0.15, 0.2) is 0 Å². The van der Waals surface area contributed by atoms with Crippen molar-refractivity contribution in [2.75, 3.05) is 18.4 Å². The van der Waals surface area contributed by atoms with E-state index >= 15 is 0 Å². The van der Waals surface area contributed by atoms with Crippen molar-refractivity contribution in [3.8, 4) is 5.69 Å². The van der Waals surface area contributed by atoms with Gasteiger partial charge in [0.2, 0.25) is 10.0 Å². The van der Waals surface area contributed by atoms with Gasteiger partial charge in [-0.3, -0.25) is 0 Å². The van der Waals surface area contributed by atoms with Crippen LogP contribution in [0.5, 0.6) is 0 Å². The lowest BCUT2D eigenvalue weighted by molar-refractivity contribution is 0.247. The Bertz CT molecular complexity index is 1210. The normalized spacial score (nSPS) is 17.9. The van der Waals surface area contributed by atoms with Crippen LogP contribution in [0.2, 0.25) is 5.02 Å². The van der Waals surface area contributed by atoms with Gasteiger partial charge in [0.1, 0.15) is 0 Å². The number of nitrogens with one attached hydrogen (secondary N) is 1. The van der Waals surface area contributed by atoms with E-state index in [0.717, 1.165) is 22.6 Å². The first-order valence-corrected chi connectivity index (χ1v) is 12.1. The SMILES string of the molecule is CCc1ccccc1S(=O)(=O)N1CCC2(CC1)Nc1ccc(Cl)cc1-n1cccc12. The maximum Gasteiger partial charge on any atom is 0.243 e. The van der Waals surface area contributed by atoms with Crippen LogP contribution in [0.4, 0.5) is 5.69 Å². The zero-order valence-electron chi connectivity index (χ0n) is 16.8. The van der Waals surface area contributed by atoms with Crippen molar-refractivity contribution in [1.82, 2.24) is 8.87 Å². The Morgan fingerprint density at radius 2 is 1.83 bits per heavy atom. The Balaban J connectivity index is 1.46. The Hall–Kier alpha value is -2.28. The first-order chi connectivity index (χ1) is 14.4. The maximum atomic E-state index is 13.4. The molecule has 0 bridgehead atoms. The van der Waals surface area contributed by atoms with E-state index in [1.165, 1.54) is 0 Å². The zero-order valence-corrected chi connectivity index (χ0v) is 18.4. The molecule has 1 spiro atoms. The molecule has 1 fully saturated rings. The molecule has 5 nitrogen and oxygen atoms in total. The van der Waals surface area contributed by atoms with Gasteiger partial charge in [-0.25, -0.2) is 8.42 Å². The van der Waals surface area contributed by atoms with Crippen LogP contribution in [0, 0.1) is 0 Å². The van der Waals surface area contributed by atoms with E-state index in [-0.39, 0.29) is 5.54 Å². The number of hydrogen-bond acceptors (Lipinski definition) is 3. The molecule has 30 heavy (non-hydrogen) atoms. The largest absolute Gasteiger partial charge is 0.372 e. The number of rotatable bonds is 3. The van der Waals surface area contributed by atoms with Gasteiger partial charge in [0.25, 0.3) is 0 Å². The summed E-state index contributed by atoms with van der Waals surface area (Å²) in [5, 5.41) is 4.41. The minimum atomic E-state index is -3.51. The summed E-state index contributed by atoms with van der Waals surface area (Å²) in [5.74, 6) is 0. The van der Waals surface area contributed by atoms with Crippen LogP contribution in [-0.4, -0.2) is 30.4 Å². The van der Waals surface area contributed by atoms with Crippen LogP contribution in [0.1, 0.15) is 31.0 Å². The molecule has 2 aliphatic heterocycles. The molecular weight excluding hydrogens is 418 g/mol. The molecule has 2 aromatic carbocycles. The fourth-order valence-electron chi connectivity index (χ4n) is 4.79. The molecule has 0 aliphatic carbocycles. The number of benzene rings is 2. The molecule has 1 saturated heterocycles. The number of piperidine rings is 1. The van der Waals surface area contributed by atoms with Crippen LogP contribution in [0.3, 0.4) is 0 Å². The van der Waals surface area contributed by atoms with Crippen molar-refractivity contribution in [3.63, 3.8) is 0 Å². The number of hydrogen-bond donors (Lipinski definition) is 1. The molecular formula is C23H24ClN3O2S. The maximum absolute atomic E-state index is 13.4. The fourth-order valence-corrected chi connectivity index (χ4v) is 6.69. The molecule has 1 N–H and O–H groups in total. The first kappa shape index (κ1) is 19.7. The third kappa shape index (κ3) is 2.97. The molecule has 0 unspecified atom stereocenters. The quantitative estimate of drug-likeness (QED) is 0.635. The Morgan fingerprint density at radius 3 is 2.60 bits per heavy atom.